The maximum absolute atomic E-state index is 13.1. The number of aliphatic carboxylic acids is 1. The molecule has 0 rings (SSSR count). The first-order valence-corrected chi connectivity index (χ1v) is 15.3. The number of nitrogens with zero attached hydrogens (tertiary/aromatic N) is 1. The van der Waals surface area contributed by atoms with E-state index >= 15 is 0 Å². The van der Waals surface area contributed by atoms with Crippen LogP contribution in [0.4, 0.5) is 0 Å². The molecule has 0 fully saturated rings. The Morgan fingerprint density at radius 3 is 1.95 bits per heavy atom. The fourth-order valence-corrected chi connectivity index (χ4v) is 4.22. The molecule has 0 radical (unpaired) electrons. The van der Waals surface area contributed by atoms with E-state index in [9.17, 15) is 34.2 Å². The number of aliphatic hydroxyl groups is 1. The summed E-state index contributed by atoms with van der Waals surface area (Å²) in [5.41, 5.74) is 16.4. The molecule has 41 heavy (non-hydrogen) atoms. The lowest BCUT2D eigenvalue weighted by Crippen LogP contribution is -2.61. The third kappa shape index (κ3) is 14.6. The van der Waals surface area contributed by atoms with Crippen molar-refractivity contribution in [3.05, 3.63) is 0 Å². The van der Waals surface area contributed by atoms with Crippen molar-refractivity contribution < 1.29 is 34.2 Å². The number of nitrogens with one attached hydrogen (secondary N) is 4. The molecule has 0 aliphatic carbocycles. The Morgan fingerprint density at radius 2 is 1.46 bits per heavy atom. The zero-order valence-corrected chi connectivity index (χ0v) is 25.7. The van der Waals surface area contributed by atoms with Crippen LogP contribution < -0.4 is 38.5 Å². The van der Waals surface area contributed by atoms with Gasteiger partial charge in [-0.2, -0.15) is 24.4 Å². The summed E-state index contributed by atoms with van der Waals surface area (Å²) < 4.78 is 0. The van der Waals surface area contributed by atoms with Crippen LogP contribution in [0.3, 0.4) is 0 Å². The Kier molecular flexibility index (Phi) is 18.8. The standard InChI is InChI=1S/C24H46N8O7S2/c1-5-12(2)17(21(36)29-15(23(38)39)7-6-9-28-24(26)27)31-20(35)16(11-40)30-22(37)18(13(3)33)32-19(34)14(25)8-10-41-4/h12-18,33,40H,5-11,25H2,1-4H3,(H,29,36)(H,30,37)(H,31,35)(H,32,34)(H,38,39)(H4,26,27,28)/t12-,13+,14-,15-,16-,17-,18-/m0/s1. The molecule has 0 saturated heterocycles. The van der Waals surface area contributed by atoms with E-state index in [-0.39, 0.29) is 31.1 Å². The molecular formula is C24H46N8O7S2. The number of carboxylic acid groups (broad SMARTS) is 1. The number of guanidine groups is 1. The Balaban J connectivity index is 5.52. The van der Waals surface area contributed by atoms with Crippen LogP contribution in [-0.4, -0.2) is 106 Å². The Morgan fingerprint density at radius 1 is 0.902 bits per heavy atom. The number of hydrogen-bond acceptors (Lipinski definition) is 10. The smallest absolute Gasteiger partial charge is 0.326 e. The first-order valence-electron chi connectivity index (χ1n) is 13.2. The highest BCUT2D eigenvalue weighted by Crippen LogP contribution is 2.10. The number of aliphatic imine (C=N–C) groups is 1. The molecule has 15 nitrogen and oxygen atoms in total. The van der Waals surface area contributed by atoms with E-state index in [4.69, 9.17) is 17.2 Å². The highest BCUT2D eigenvalue weighted by atomic mass is 32.2. The normalized spacial score (nSPS) is 16.1. The Hall–Kier alpha value is -2.76. The number of rotatable bonds is 20. The van der Waals surface area contributed by atoms with E-state index in [1.165, 1.54) is 18.7 Å². The van der Waals surface area contributed by atoms with Crippen LogP contribution in [0.15, 0.2) is 4.99 Å². The quantitative estimate of drug-likeness (QED) is 0.0293. The molecule has 0 bridgehead atoms. The molecule has 0 saturated carbocycles. The van der Waals surface area contributed by atoms with Gasteiger partial charge >= 0.3 is 5.97 Å². The molecule has 4 amide bonds. The lowest BCUT2D eigenvalue weighted by molar-refractivity contribution is -0.143. The van der Waals surface area contributed by atoms with Gasteiger partial charge in [-0.3, -0.25) is 24.2 Å². The van der Waals surface area contributed by atoms with Crippen LogP contribution in [-0.2, 0) is 24.0 Å². The molecule has 236 valence electrons. The minimum Gasteiger partial charge on any atom is -0.480 e. The topological polar surface area (TPSA) is 264 Å². The molecule has 0 spiro atoms. The zero-order valence-electron chi connectivity index (χ0n) is 24.0. The van der Waals surface area contributed by atoms with Gasteiger partial charge in [0.05, 0.1) is 12.1 Å². The van der Waals surface area contributed by atoms with Crippen molar-refractivity contribution in [3.8, 4) is 0 Å². The van der Waals surface area contributed by atoms with Crippen molar-refractivity contribution in [2.24, 2.45) is 28.1 Å². The molecule has 0 aliphatic heterocycles. The highest BCUT2D eigenvalue weighted by molar-refractivity contribution is 7.98. The first-order chi connectivity index (χ1) is 19.2. The number of thiol groups is 1. The summed E-state index contributed by atoms with van der Waals surface area (Å²) in [6.45, 7) is 4.97. The average Bonchev–Trinajstić information content (AvgIpc) is 2.91. The highest BCUT2D eigenvalue weighted by Gasteiger charge is 2.34. The van der Waals surface area contributed by atoms with Gasteiger partial charge in [-0.1, -0.05) is 20.3 Å². The summed E-state index contributed by atoms with van der Waals surface area (Å²) in [6, 6.07) is -5.92. The monoisotopic (exact) mass is 622 g/mol. The molecule has 12 N–H and O–H groups in total. The molecule has 0 aromatic carbocycles. The van der Waals surface area contributed by atoms with Gasteiger partial charge in [0.1, 0.15) is 24.2 Å². The summed E-state index contributed by atoms with van der Waals surface area (Å²) in [5.74, 6) is -4.33. The van der Waals surface area contributed by atoms with E-state index in [0.717, 1.165) is 0 Å². The average molecular weight is 623 g/mol. The lowest BCUT2D eigenvalue weighted by atomic mass is 9.97. The minimum atomic E-state index is -1.40. The second-order valence-electron chi connectivity index (χ2n) is 9.58. The number of carbonyl (C=O) groups is 5. The van der Waals surface area contributed by atoms with Crippen molar-refractivity contribution in [2.45, 2.75) is 82.8 Å². The van der Waals surface area contributed by atoms with E-state index in [2.05, 4.69) is 38.9 Å². The second-order valence-corrected chi connectivity index (χ2v) is 10.9. The van der Waals surface area contributed by atoms with E-state index in [0.29, 0.717) is 18.6 Å². The zero-order chi connectivity index (χ0) is 31.7. The number of carboxylic acids is 1. The van der Waals surface area contributed by atoms with Gasteiger partial charge in [0.25, 0.3) is 0 Å². The Labute approximate surface area is 250 Å². The van der Waals surface area contributed by atoms with Crippen molar-refractivity contribution in [1.29, 1.82) is 0 Å². The van der Waals surface area contributed by atoms with Gasteiger partial charge < -0.3 is 48.7 Å². The molecule has 0 unspecified atom stereocenters. The van der Waals surface area contributed by atoms with Gasteiger partial charge in [-0.15, -0.1) is 0 Å². The van der Waals surface area contributed by atoms with Gasteiger partial charge in [0, 0.05) is 12.3 Å². The fourth-order valence-electron chi connectivity index (χ4n) is 3.48. The largest absolute Gasteiger partial charge is 0.480 e. The predicted molar refractivity (Wildman–Crippen MR) is 161 cm³/mol. The number of nitrogens with two attached hydrogens (primary N) is 3. The van der Waals surface area contributed by atoms with E-state index in [1.54, 1.807) is 13.8 Å². The third-order valence-electron chi connectivity index (χ3n) is 6.20. The van der Waals surface area contributed by atoms with Crippen LogP contribution in [0.2, 0.25) is 0 Å². The van der Waals surface area contributed by atoms with Gasteiger partial charge in [-0.25, -0.2) is 4.79 Å². The van der Waals surface area contributed by atoms with Crippen LogP contribution in [0.25, 0.3) is 0 Å². The molecule has 0 aliphatic rings. The van der Waals surface area contributed by atoms with Gasteiger partial charge in [0.2, 0.25) is 23.6 Å². The van der Waals surface area contributed by atoms with Crippen molar-refractivity contribution in [3.63, 3.8) is 0 Å². The van der Waals surface area contributed by atoms with Crippen molar-refractivity contribution >= 4 is 59.9 Å². The summed E-state index contributed by atoms with van der Waals surface area (Å²) >= 11 is 5.63. The molecular weight excluding hydrogens is 576 g/mol. The number of hydrogen-bond donors (Lipinski definition) is 10. The SMILES string of the molecule is CC[C@H](C)[C@H](NC(=O)[C@H](CS)NC(=O)[C@@H](NC(=O)[C@@H](N)CCSC)[C@@H](C)O)C(=O)N[C@@H](CCCN=C(N)N)C(=O)O. The summed E-state index contributed by atoms with van der Waals surface area (Å²) in [6.07, 6.45) is 1.70. The van der Waals surface area contributed by atoms with Crippen LogP contribution in [0.5, 0.6) is 0 Å². The van der Waals surface area contributed by atoms with E-state index in [1.807, 2.05) is 6.26 Å². The molecule has 7 atom stereocenters. The third-order valence-corrected chi connectivity index (χ3v) is 7.21. The van der Waals surface area contributed by atoms with Crippen LogP contribution in [0.1, 0.15) is 46.5 Å². The number of carbonyl (C=O) groups excluding carboxylic acids is 4. The first kappa shape index (κ1) is 38.2. The second kappa shape index (κ2) is 20.2. The summed E-state index contributed by atoms with van der Waals surface area (Å²) in [7, 11) is 0. The Bertz CT molecular complexity index is 905. The van der Waals surface area contributed by atoms with Crippen LogP contribution >= 0.6 is 24.4 Å². The van der Waals surface area contributed by atoms with Crippen molar-refractivity contribution in [2.75, 3.05) is 24.3 Å². The molecule has 0 aromatic heterocycles. The lowest BCUT2D eigenvalue weighted by Gasteiger charge is -2.28. The van der Waals surface area contributed by atoms with Crippen LogP contribution in [0, 0.1) is 5.92 Å². The minimum absolute atomic E-state index is 0.0434. The maximum atomic E-state index is 13.1. The molecule has 17 heteroatoms. The molecule has 0 heterocycles. The summed E-state index contributed by atoms with van der Waals surface area (Å²) in [4.78, 5) is 67.0. The predicted octanol–water partition coefficient (Wildman–Crippen LogP) is -2.50. The number of amides is 4. The van der Waals surface area contributed by atoms with Crippen molar-refractivity contribution in [1.82, 2.24) is 21.3 Å². The maximum Gasteiger partial charge on any atom is 0.326 e. The fraction of sp³-hybridized carbons (Fsp3) is 0.750. The van der Waals surface area contributed by atoms with Gasteiger partial charge in [-0.05, 0) is 44.1 Å². The van der Waals surface area contributed by atoms with E-state index < -0.39 is 71.8 Å². The number of aliphatic hydroxyl groups excluding tert-OH is 1. The number of thioether (sulfide) groups is 1. The van der Waals surface area contributed by atoms with Gasteiger partial charge in [0.15, 0.2) is 5.96 Å². The molecule has 0 aromatic rings. The summed E-state index contributed by atoms with van der Waals surface area (Å²) in [5, 5.41) is 29.5.